The minimum Gasteiger partial charge on any atom is -0.393 e. The second kappa shape index (κ2) is 12.3. The summed E-state index contributed by atoms with van der Waals surface area (Å²) in [4.78, 5) is 0. The van der Waals surface area contributed by atoms with Crippen LogP contribution in [0, 0.1) is 0 Å². The van der Waals surface area contributed by atoms with Gasteiger partial charge in [-0.2, -0.15) is 0 Å². The summed E-state index contributed by atoms with van der Waals surface area (Å²) in [7, 11) is 0. The Hall–Kier alpha value is -0.500. The highest BCUT2D eigenvalue weighted by Crippen LogP contribution is 2.25. The van der Waals surface area contributed by atoms with Crippen molar-refractivity contribution in [1.82, 2.24) is 12.3 Å². The predicted molar refractivity (Wildman–Crippen MR) is 82.3 cm³/mol. The maximum atomic E-state index is 9.51. The molecule has 0 amide bonds. The van der Waals surface area contributed by atoms with Crippen molar-refractivity contribution in [2.24, 2.45) is 0 Å². The standard InChI is InChI=1S/C14H28O4.2H3N/c1-9(15)5-13(6-10(2)16)14(7-11(3)17)8-12(4)18;;/h9-12,15-18H,5-8H2,1-4H3;2*1H3. The van der Waals surface area contributed by atoms with Crippen molar-refractivity contribution in [3.63, 3.8) is 0 Å². The molecule has 0 aliphatic heterocycles. The average molecular weight is 294 g/mol. The Morgan fingerprint density at radius 3 is 0.800 bits per heavy atom. The minimum absolute atomic E-state index is 0. The van der Waals surface area contributed by atoms with Gasteiger partial charge in [-0.05, 0) is 53.4 Å². The number of rotatable bonds is 8. The van der Waals surface area contributed by atoms with E-state index in [-0.39, 0.29) is 12.3 Å². The van der Waals surface area contributed by atoms with Crippen LogP contribution in [0.25, 0.3) is 0 Å². The SMILES string of the molecule is CC(O)CC(CC(C)O)=C(CC(C)O)CC(C)O.N.N. The first-order valence-electron chi connectivity index (χ1n) is 6.64. The lowest BCUT2D eigenvalue weighted by Crippen LogP contribution is -2.14. The maximum absolute atomic E-state index is 9.51. The lowest BCUT2D eigenvalue weighted by Gasteiger charge is -2.20. The van der Waals surface area contributed by atoms with Gasteiger partial charge in [-0.25, -0.2) is 0 Å². The third kappa shape index (κ3) is 12.5. The van der Waals surface area contributed by atoms with Crippen molar-refractivity contribution >= 4 is 0 Å². The van der Waals surface area contributed by atoms with Crippen LogP contribution >= 0.6 is 0 Å². The highest BCUT2D eigenvalue weighted by Gasteiger charge is 2.15. The molecule has 0 aromatic rings. The second-order valence-corrected chi connectivity index (χ2v) is 5.42. The summed E-state index contributed by atoms with van der Waals surface area (Å²) in [6.45, 7) is 6.80. The molecular weight excluding hydrogens is 260 g/mol. The molecule has 0 aliphatic rings. The van der Waals surface area contributed by atoms with Gasteiger partial charge in [0, 0.05) is 0 Å². The van der Waals surface area contributed by atoms with E-state index >= 15 is 0 Å². The molecule has 6 nitrogen and oxygen atoms in total. The van der Waals surface area contributed by atoms with E-state index in [4.69, 9.17) is 0 Å². The van der Waals surface area contributed by atoms with Crippen LogP contribution in [-0.4, -0.2) is 44.8 Å². The summed E-state index contributed by atoms with van der Waals surface area (Å²) < 4.78 is 0. The number of hydrogen-bond donors (Lipinski definition) is 6. The average Bonchev–Trinajstić information content (AvgIpc) is 2.12. The second-order valence-electron chi connectivity index (χ2n) is 5.42. The van der Waals surface area contributed by atoms with Crippen molar-refractivity contribution in [3.05, 3.63) is 11.1 Å². The molecule has 0 spiro atoms. The third-order valence-corrected chi connectivity index (χ3v) is 2.67. The van der Waals surface area contributed by atoms with Crippen LogP contribution < -0.4 is 12.3 Å². The van der Waals surface area contributed by atoms with Crippen LogP contribution in [0.4, 0.5) is 0 Å². The van der Waals surface area contributed by atoms with Crippen LogP contribution in [0.5, 0.6) is 0 Å². The van der Waals surface area contributed by atoms with Gasteiger partial charge in [0.1, 0.15) is 0 Å². The lowest BCUT2D eigenvalue weighted by molar-refractivity contribution is 0.162. The molecule has 10 N–H and O–H groups in total. The first-order chi connectivity index (χ1) is 8.22. The Morgan fingerprint density at radius 2 is 0.700 bits per heavy atom. The van der Waals surface area contributed by atoms with E-state index in [2.05, 4.69) is 0 Å². The summed E-state index contributed by atoms with van der Waals surface area (Å²) in [5, 5.41) is 38.0. The van der Waals surface area contributed by atoms with Crippen molar-refractivity contribution < 1.29 is 20.4 Å². The Bertz CT molecular complexity index is 214. The highest BCUT2D eigenvalue weighted by molar-refractivity contribution is 5.17. The molecule has 0 heterocycles. The van der Waals surface area contributed by atoms with E-state index in [0.717, 1.165) is 11.1 Å². The number of aliphatic hydroxyl groups is 4. The topological polar surface area (TPSA) is 151 Å². The molecule has 124 valence electrons. The normalized spacial score (nSPS) is 16.2. The fourth-order valence-electron chi connectivity index (χ4n) is 2.17. The largest absolute Gasteiger partial charge is 0.393 e. The number of aliphatic hydroxyl groups excluding tert-OH is 4. The molecule has 0 aromatic carbocycles. The molecule has 20 heavy (non-hydrogen) atoms. The van der Waals surface area contributed by atoms with Gasteiger partial charge < -0.3 is 32.7 Å². The van der Waals surface area contributed by atoms with E-state index < -0.39 is 24.4 Å². The minimum atomic E-state index is -0.489. The fourth-order valence-corrected chi connectivity index (χ4v) is 2.17. The van der Waals surface area contributed by atoms with Gasteiger partial charge in [0.2, 0.25) is 0 Å². The lowest BCUT2D eigenvalue weighted by atomic mass is 9.90. The summed E-state index contributed by atoms with van der Waals surface area (Å²) in [5.74, 6) is 0. The van der Waals surface area contributed by atoms with Gasteiger partial charge in [0.05, 0.1) is 24.4 Å². The molecule has 0 aromatic heterocycles. The molecule has 0 saturated carbocycles. The predicted octanol–water partition coefficient (Wildman–Crippen LogP) is 1.69. The fraction of sp³-hybridized carbons (Fsp3) is 0.857. The zero-order valence-electron chi connectivity index (χ0n) is 13.3. The Balaban J connectivity index is -0.00000144. The summed E-state index contributed by atoms with van der Waals surface area (Å²) in [6.07, 6.45) is -0.0689. The molecule has 4 atom stereocenters. The van der Waals surface area contributed by atoms with Crippen LogP contribution in [0.2, 0.25) is 0 Å². The van der Waals surface area contributed by atoms with E-state index in [1.807, 2.05) is 0 Å². The Kier molecular flexibility index (Phi) is 15.0. The zero-order chi connectivity index (χ0) is 14.3. The van der Waals surface area contributed by atoms with Crippen molar-refractivity contribution in [2.75, 3.05) is 0 Å². The van der Waals surface area contributed by atoms with E-state index in [0.29, 0.717) is 25.7 Å². The maximum Gasteiger partial charge on any atom is 0.0549 e. The molecule has 0 rings (SSSR count). The highest BCUT2D eigenvalue weighted by atomic mass is 16.3. The van der Waals surface area contributed by atoms with Crippen molar-refractivity contribution in [1.29, 1.82) is 0 Å². The zero-order valence-corrected chi connectivity index (χ0v) is 13.3. The molecule has 0 saturated heterocycles. The van der Waals surface area contributed by atoms with Crippen LogP contribution in [0.15, 0.2) is 11.1 Å². The summed E-state index contributed by atoms with van der Waals surface area (Å²) in [6, 6.07) is 0. The van der Waals surface area contributed by atoms with E-state index in [9.17, 15) is 20.4 Å². The monoisotopic (exact) mass is 294 g/mol. The van der Waals surface area contributed by atoms with Crippen LogP contribution in [0.1, 0.15) is 53.4 Å². The van der Waals surface area contributed by atoms with Crippen molar-refractivity contribution in [3.8, 4) is 0 Å². The van der Waals surface area contributed by atoms with E-state index in [1.54, 1.807) is 27.7 Å². The van der Waals surface area contributed by atoms with Gasteiger partial charge in [-0.3, -0.25) is 0 Å². The first-order valence-corrected chi connectivity index (χ1v) is 6.64. The molecule has 0 fully saturated rings. The summed E-state index contributed by atoms with van der Waals surface area (Å²) in [5.41, 5.74) is 1.89. The van der Waals surface area contributed by atoms with E-state index in [1.165, 1.54) is 0 Å². The van der Waals surface area contributed by atoms with Gasteiger partial charge >= 0.3 is 0 Å². The van der Waals surface area contributed by atoms with Gasteiger partial charge in [-0.1, -0.05) is 11.1 Å². The van der Waals surface area contributed by atoms with Gasteiger partial charge in [0.25, 0.3) is 0 Å². The molecule has 6 heteroatoms. The molecule has 0 radical (unpaired) electrons. The molecule has 4 unspecified atom stereocenters. The molecular formula is C14H34N2O4. The third-order valence-electron chi connectivity index (χ3n) is 2.67. The Morgan fingerprint density at radius 1 is 0.550 bits per heavy atom. The summed E-state index contributed by atoms with van der Waals surface area (Å²) >= 11 is 0. The van der Waals surface area contributed by atoms with Gasteiger partial charge in [-0.15, -0.1) is 0 Å². The first kappa shape index (κ1) is 24.5. The molecule has 0 bridgehead atoms. The van der Waals surface area contributed by atoms with Gasteiger partial charge in [0.15, 0.2) is 0 Å². The number of hydrogen-bond acceptors (Lipinski definition) is 6. The Labute approximate surface area is 122 Å². The smallest absolute Gasteiger partial charge is 0.0549 e. The van der Waals surface area contributed by atoms with Crippen molar-refractivity contribution in [2.45, 2.75) is 77.8 Å². The van der Waals surface area contributed by atoms with Crippen LogP contribution in [0.3, 0.4) is 0 Å². The quantitative estimate of drug-likeness (QED) is 0.375. The van der Waals surface area contributed by atoms with Crippen LogP contribution in [-0.2, 0) is 0 Å². The molecule has 0 aliphatic carbocycles.